The van der Waals surface area contributed by atoms with E-state index in [0.717, 1.165) is 0 Å². The normalized spacial score (nSPS) is 27.8. The van der Waals surface area contributed by atoms with Gasteiger partial charge in [-0.2, -0.15) is 0 Å². The predicted molar refractivity (Wildman–Crippen MR) is 65.3 cm³/mol. The molecule has 1 aliphatic carbocycles. The topological polar surface area (TPSA) is 38.9 Å². The third kappa shape index (κ3) is 2.23. The van der Waals surface area contributed by atoms with Gasteiger partial charge in [-0.15, -0.1) is 11.3 Å². The van der Waals surface area contributed by atoms with Crippen molar-refractivity contribution in [3.8, 4) is 0 Å². The highest BCUT2D eigenvalue weighted by Gasteiger charge is 2.42. The average Bonchev–Trinajstić information content (AvgIpc) is 2.74. The maximum absolute atomic E-state index is 5.89. The highest BCUT2D eigenvalue weighted by Crippen LogP contribution is 2.49. The molecular formula is C12H20N2S. The van der Waals surface area contributed by atoms with Gasteiger partial charge in [0.15, 0.2) is 0 Å². The van der Waals surface area contributed by atoms with Crippen molar-refractivity contribution in [1.82, 2.24) is 4.98 Å². The fraction of sp³-hybridized carbons (Fsp3) is 0.750. The molecule has 3 unspecified atom stereocenters. The summed E-state index contributed by atoms with van der Waals surface area (Å²) in [4.78, 5) is 4.74. The molecule has 0 saturated heterocycles. The Labute approximate surface area is 95.9 Å². The van der Waals surface area contributed by atoms with Crippen molar-refractivity contribution in [2.45, 2.75) is 51.5 Å². The van der Waals surface area contributed by atoms with Crippen molar-refractivity contribution in [2.24, 2.45) is 11.7 Å². The van der Waals surface area contributed by atoms with Crippen LogP contribution in [0.4, 0.5) is 0 Å². The zero-order valence-electron chi connectivity index (χ0n) is 9.95. The lowest BCUT2D eigenvalue weighted by Crippen LogP contribution is -2.18. The Bertz CT molecular complexity index is 349. The van der Waals surface area contributed by atoms with E-state index in [9.17, 15) is 0 Å². The molecule has 0 aromatic carbocycles. The van der Waals surface area contributed by atoms with E-state index < -0.39 is 0 Å². The quantitative estimate of drug-likeness (QED) is 0.839. The fourth-order valence-electron chi connectivity index (χ4n) is 1.94. The summed E-state index contributed by atoms with van der Waals surface area (Å²) in [5, 5.41) is 3.46. The minimum absolute atomic E-state index is 0.182. The summed E-state index contributed by atoms with van der Waals surface area (Å²) in [5.74, 6) is 1.30. The van der Waals surface area contributed by atoms with E-state index in [1.807, 2.05) is 0 Å². The van der Waals surface area contributed by atoms with E-state index in [1.54, 1.807) is 11.3 Å². The second kappa shape index (κ2) is 3.56. The van der Waals surface area contributed by atoms with Crippen molar-refractivity contribution < 1.29 is 0 Å². The van der Waals surface area contributed by atoms with Crippen LogP contribution in [0.2, 0.25) is 0 Å². The summed E-state index contributed by atoms with van der Waals surface area (Å²) in [5.41, 5.74) is 7.35. The molecule has 1 fully saturated rings. The molecule has 2 N–H and O–H groups in total. The Kier molecular flexibility index (Phi) is 2.63. The molecule has 0 radical (unpaired) electrons. The summed E-state index contributed by atoms with van der Waals surface area (Å²) < 4.78 is 0. The summed E-state index contributed by atoms with van der Waals surface area (Å²) in [6, 6.07) is 0.315. The zero-order valence-corrected chi connectivity index (χ0v) is 10.8. The molecule has 84 valence electrons. The molecule has 1 heterocycles. The predicted octanol–water partition coefficient (Wildman–Crippen LogP) is 2.89. The number of hydrogen-bond acceptors (Lipinski definition) is 3. The van der Waals surface area contributed by atoms with Crippen LogP contribution in [-0.2, 0) is 5.41 Å². The number of hydrogen-bond donors (Lipinski definition) is 1. The minimum Gasteiger partial charge on any atom is -0.328 e. The van der Waals surface area contributed by atoms with Crippen LogP contribution in [0.3, 0.4) is 0 Å². The first-order chi connectivity index (χ1) is 6.89. The molecule has 15 heavy (non-hydrogen) atoms. The van der Waals surface area contributed by atoms with E-state index >= 15 is 0 Å². The van der Waals surface area contributed by atoms with Gasteiger partial charge in [0.2, 0.25) is 0 Å². The zero-order chi connectivity index (χ0) is 11.2. The smallest absolute Gasteiger partial charge is 0.0981 e. The molecule has 1 saturated carbocycles. The number of nitrogens with zero attached hydrogens (tertiary/aromatic N) is 1. The lowest BCUT2D eigenvalue weighted by atomic mass is 9.98. The average molecular weight is 224 g/mol. The van der Waals surface area contributed by atoms with Gasteiger partial charge in [-0.1, -0.05) is 20.8 Å². The first-order valence-corrected chi connectivity index (χ1v) is 6.49. The van der Waals surface area contributed by atoms with Gasteiger partial charge in [0, 0.05) is 22.8 Å². The molecule has 0 bridgehead atoms. The van der Waals surface area contributed by atoms with Gasteiger partial charge in [-0.05, 0) is 19.3 Å². The first kappa shape index (κ1) is 11.1. The van der Waals surface area contributed by atoms with E-state index in [1.165, 1.54) is 17.1 Å². The second-order valence-electron chi connectivity index (χ2n) is 5.69. The standard InChI is InChI=1S/C12H20N2S/c1-7(13)8-5-9(8)10-6-15-11(14-10)12(2,3)4/h6-9H,5,13H2,1-4H3. The van der Waals surface area contributed by atoms with Crippen LogP contribution in [0.15, 0.2) is 5.38 Å². The van der Waals surface area contributed by atoms with Crippen molar-refractivity contribution in [3.63, 3.8) is 0 Å². The van der Waals surface area contributed by atoms with Crippen molar-refractivity contribution in [3.05, 3.63) is 16.1 Å². The Morgan fingerprint density at radius 3 is 2.60 bits per heavy atom. The molecule has 1 aromatic heterocycles. The van der Waals surface area contributed by atoms with Gasteiger partial charge >= 0.3 is 0 Å². The van der Waals surface area contributed by atoms with Gasteiger partial charge in [-0.25, -0.2) is 4.98 Å². The third-order valence-corrected chi connectivity index (χ3v) is 4.34. The largest absolute Gasteiger partial charge is 0.328 e. The highest BCUT2D eigenvalue weighted by molar-refractivity contribution is 7.09. The molecular weight excluding hydrogens is 204 g/mol. The highest BCUT2D eigenvalue weighted by atomic mass is 32.1. The van der Waals surface area contributed by atoms with E-state index in [4.69, 9.17) is 10.7 Å². The van der Waals surface area contributed by atoms with Gasteiger partial charge in [0.05, 0.1) is 10.7 Å². The van der Waals surface area contributed by atoms with E-state index in [2.05, 4.69) is 33.1 Å². The Balaban J connectivity index is 2.10. The van der Waals surface area contributed by atoms with Gasteiger partial charge in [0.1, 0.15) is 0 Å². The Hall–Kier alpha value is -0.410. The minimum atomic E-state index is 0.182. The SMILES string of the molecule is CC(N)C1CC1c1csc(C(C)(C)C)n1. The van der Waals surface area contributed by atoms with Gasteiger partial charge in [-0.3, -0.25) is 0 Å². The summed E-state index contributed by atoms with van der Waals surface area (Å²) in [7, 11) is 0. The summed E-state index contributed by atoms with van der Waals surface area (Å²) >= 11 is 1.79. The number of rotatable bonds is 2. The maximum atomic E-state index is 5.89. The van der Waals surface area contributed by atoms with Crippen molar-refractivity contribution >= 4 is 11.3 Å². The van der Waals surface area contributed by atoms with Crippen LogP contribution in [-0.4, -0.2) is 11.0 Å². The maximum Gasteiger partial charge on any atom is 0.0981 e. The van der Waals surface area contributed by atoms with Crippen molar-refractivity contribution in [1.29, 1.82) is 0 Å². The summed E-state index contributed by atoms with van der Waals surface area (Å²) in [6.45, 7) is 8.74. The van der Waals surface area contributed by atoms with Crippen molar-refractivity contribution in [2.75, 3.05) is 0 Å². The fourth-order valence-corrected chi connectivity index (χ4v) is 2.91. The number of thiazole rings is 1. The first-order valence-electron chi connectivity index (χ1n) is 5.61. The Morgan fingerprint density at radius 1 is 1.53 bits per heavy atom. The van der Waals surface area contributed by atoms with Crippen LogP contribution in [0, 0.1) is 5.92 Å². The molecule has 1 aliphatic rings. The van der Waals surface area contributed by atoms with Crippen LogP contribution >= 0.6 is 11.3 Å². The molecule has 2 rings (SSSR count). The van der Waals surface area contributed by atoms with Crippen LogP contribution in [0.5, 0.6) is 0 Å². The van der Waals surface area contributed by atoms with Crippen LogP contribution in [0.25, 0.3) is 0 Å². The molecule has 1 aromatic rings. The molecule has 3 atom stereocenters. The monoisotopic (exact) mass is 224 g/mol. The molecule has 0 aliphatic heterocycles. The van der Waals surface area contributed by atoms with Crippen LogP contribution in [0.1, 0.15) is 50.7 Å². The third-order valence-electron chi connectivity index (χ3n) is 3.06. The second-order valence-corrected chi connectivity index (χ2v) is 6.55. The number of aromatic nitrogens is 1. The van der Waals surface area contributed by atoms with E-state index in [0.29, 0.717) is 17.9 Å². The molecule has 0 spiro atoms. The van der Waals surface area contributed by atoms with E-state index in [-0.39, 0.29) is 5.41 Å². The number of nitrogens with two attached hydrogens (primary N) is 1. The lowest BCUT2D eigenvalue weighted by molar-refractivity contribution is 0.580. The summed E-state index contributed by atoms with van der Waals surface area (Å²) in [6.07, 6.45) is 1.23. The molecule has 2 nitrogen and oxygen atoms in total. The lowest BCUT2D eigenvalue weighted by Gasteiger charge is -2.13. The molecule has 3 heteroatoms. The van der Waals surface area contributed by atoms with Crippen LogP contribution < -0.4 is 5.73 Å². The molecule has 0 amide bonds. The van der Waals surface area contributed by atoms with Gasteiger partial charge in [0.25, 0.3) is 0 Å². The van der Waals surface area contributed by atoms with Gasteiger partial charge < -0.3 is 5.73 Å². The Morgan fingerprint density at radius 2 is 2.20 bits per heavy atom.